The van der Waals surface area contributed by atoms with Crippen molar-refractivity contribution in [3.8, 4) is 0 Å². The Balaban J connectivity index is 2.40. The summed E-state index contributed by atoms with van der Waals surface area (Å²) in [5.41, 5.74) is 4.91. The van der Waals surface area contributed by atoms with Gasteiger partial charge in [0.1, 0.15) is 0 Å². The molecule has 4 N–H and O–H groups in total. The predicted molar refractivity (Wildman–Crippen MR) is 56.6 cm³/mol. The van der Waals surface area contributed by atoms with E-state index in [1.54, 1.807) is 0 Å². The van der Waals surface area contributed by atoms with Crippen molar-refractivity contribution in [3.63, 3.8) is 0 Å². The third-order valence-corrected chi connectivity index (χ3v) is 4.25. The molecule has 0 radical (unpaired) electrons. The molecule has 0 aliphatic carbocycles. The van der Waals surface area contributed by atoms with Gasteiger partial charge in [-0.25, -0.2) is 13.1 Å². The van der Waals surface area contributed by atoms with E-state index in [1.165, 1.54) is 0 Å². The van der Waals surface area contributed by atoms with Crippen molar-refractivity contribution in [1.29, 1.82) is 0 Å². The molecule has 7 heteroatoms. The van der Waals surface area contributed by atoms with Crippen LogP contribution >= 0.6 is 0 Å². The van der Waals surface area contributed by atoms with E-state index in [0.717, 1.165) is 13.0 Å². The third-order valence-electron chi connectivity index (χ3n) is 2.37. The fourth-order valence-corrected chi connectivity index (χ4v) is 2.96. The number of sulfonamides is 1. The maximum Gasteiger partial charge on any atom is 0.218 e. The first-order valence-electron chi connectivity index (χ1n) is 5.00. The van der Waals surface area contributed by atoms with E-state index in [-0.39, 0.29) is 18.2 Å². The number of carbonyl (C=O) groups excluding carboxylic acids is 1. The number of amides is 1. The van der Waals surface area contributed by atoms with Crippen LogP contribution in [0.1, 0.15) is 19.3 Å². The van der Waals surface area contributed by atoms with Gasteiger partial charge in [-0.05, 0) is 19.4 Å². The highest BCUT2D eigenvalue weighted by molar-refractivity contribution is 7.90. The summed E-state index contributed by atoms with van der Waals surface area (Å²) in [5.74, 6) is -0.500. The molecule has 1 amide bonds. The first-order valence-corrected chi connectivity index (χ1v) is 6.54. The van der Waals surface area contributed by atoms with Crippen LogP contribution < -0.4 is 15.8 Å². The molecule has 1 aliphatic rings. The Morgan fingerprint density at radius 1 is 1.53 bits per heavy atom. The van der Waals surface area contributed by atoms with E-state index >= 15 is 0 Å². The number of rotatable bonds is 5. The molecule has 1 heterocycles. The normalized spacial score (nSPS) is 22.5. The fourth-order valence-electron chi connectivity index (χ4n) is 1.52. The van der Waals surface area contributed by atoms with Crippen molar-refractivity contribution < 1.29 is 13.2 Å². The quantitative estimate of drug-likeness (QED) is 0.541. The molecule has 15 heavy (non-hydrogen) atoms. The van der Waals surface area contributed by atoms with E-state index < -0.39 is 15.9 Å². The summed E-state index contributed by atoms with van der Waals surface area (Å²) < 4.78 is 25.7. The molecule has 0 aromatic rings. The molecule has 1 unspecified atom stereocenters. The van der Waals surface area contributed by atoms with Crippen LogP contribution in [0, 0.1) is 0 Å². The maximum absolute atomic E-state index is 11.7. The van der Waals surface area contributed by atoms with Crippen LogP contribution in [0.25, 0.3) is 0 Å². The van der Waals surface area contributed by atoms with Gasteiger partial charge in [-0.2, -0.15) is 0 Å². The summed E-state index contributed by atoms with van der Waals surface area (Å²) in [4.78, 5) is 10.4. The van der Waals surface area contributed by atoms with Crippen LogP contribution in [-0.2, 0) is 14.8 Å². The van der Waals surface area contributed by atoms with Crippen molar-refractivity contribution >= 4 is 15.9 Å². The minimum atomic E-state index is -3.30. The molecule has 1 atom stereocenters. The van der Waals surface area contributed by atoms with Gasteiger partial charge in [0.25, 0.3) is 0 Å². The van der Waals surface area contributed by atoms with Gasteiger partial charge in [-0.3, -0.25) is 4.79 Å². The van der Waals surface area contributed by atoms with Gasteiger partial charge >= 0.3 is 0 Å². The van der Waals surface area contributed by atoms with Gasteiger partial charge in [-0.1, -0.05) is 0 Å². The number of carbonyl (C=O) groups is 1. The number of nitrogens with one attached hydrogen (secondary N) is 2. The minimum absolute atomic E-state index is 0.0411. The van der Waals surface area contributed by atoms with Crippen molar-refractivity contribution in [2.24, 2.45) is 5.73 Å². The first-order chi connectivity index (χ1) is 7.02. The summed E-state index contributed by atoms with van der Waals surface area (Å²) in [7, 11) is -3.30. The number of piperidine rings is 1. The van der Waals surface area contributed by atoms with Crippen LogP contribution in [0.2, 0.25) is 0 Å². The Kier molecular flexibility index (Phi) is 4.49. The van der Waals surface area contributed by atoms with Crippen LogP contribution in [0.15, 0.2) is 0 Å². The van der Waals surface area contributed by atoms with Crippen LogP contribution in [0.5, 0.6) is 0 Å². The van der Waals surface area contributed by atoms with E-state index in [9.17, 15) is 13.2 Å². The van der Waals surface area contributed by atoms with Crippen molar-refractivity contribution in [2.75, 3.05) is 19.6 Å². The average molecular weight is 235 g/mol. The second kappa shape index (κ2) is 5.43. The highest BCUT2D eigenvalue weighted by Gasteiger charge is 2.26. The Labute approximate surface area is 89.6 Å². The number of nitrogens with two attached hydrogens (primary N) is 1. The molecule has 1 saturated heterocycles. The molecule has 0 saturated carbocycles. The molecule has 6 nitrogen and oxygen atoms in total. The lowest BCUT2D eigenvalue weighted by atomic mass is 10.2. The molecular weight excluding hydrogens is 218 g/mol. The second-order valence-corrected chi connectivity index (χ2v) is 5.67. The zero-order chi connectivity index (χ0) is 11.3. The lowest BCUT2D eigenvalue weighted by Crippen LogP contribution is -2.44. The van der Waals surface area contributed by atoms with Crippen LogP contribution in [-0.4, -0.2) is 39.2 Å². The Morgan fingerprint density at radius 3 is 2.80 bits per heavy atom. The van der Waals surface area contributed by atoms with Gasteiger partial charge < -0.3 is 11.1 Å². The van der Waals surface area contributed by atoms with Gasteiger partial charge in [0.05, 0.1) is 5.25 Å². The minimum Gasteiger partial charge on any atom is -0.370 e. The molecule has 88 valence electrons. The number of hydrogen-bond acceptors (Lipinski definition) is 4. The smallest absolute Gasteiger partial charge is 0.218 e. The summed E-state index contributed by atoms with van der Waals surface area (Å²) >= 11 is 0. The van der Waals surface area contributed by atoms with Crippen molar-refractivity contribution in [2.45, 2.75) is 24.5 Å². The monoisotopic (exact) mass is 235 g/mol. The number of primary amides is 1. The second-order valence-electron chi connectivity index (χ2n) is 3.62. The van der Waals surface area contributed by atoms with Gasteiger partial charge in [0.15, 0.2) is 0 Å². The third kappa shape index (κ3) is 4.15. The van der Waals surface area contributed by atoms with E-state index in [1.807, 2.05) is 0 Å². The zero-order valence-corrected chi connectivity index (χ0v) is 9.35. The maximum atomic E-state index is 11.7. The molecule has 0 aromatic heterocycles. The first kappa shape index (κ1) is 12.4. The highest BCUT2D eigenvalue weighted by atomic mass is 32.2. The summed E-state index contributed by atoms with van der Waals surface area (Å²) in [6.07, 6.45) is 1.57. The summed E-state index contributed by atoms with van der Waals surface area (Å²) in [5, 5.41) is 2.64. The van der Waals surface area contributed by atoms with Crippen molar-refractivity contribution in [3.05, 3.63) is 0 Å². The van der Waals surface area contributed by atoms with Crippen LogP contribution in [0.3, 0.4) is 0 Å². The SMILES string of the molecule is NC(=O)CCNS(=O)(=O)C1CCCNC1. The largest absolute Gasteiger partial charge is 0.370 e. The number of hydrogen-bond donors (Lipinski definition) is 3. The molecule has 0 bridgehead atoms. The van der Waals surface area contributed by atoms with Gasteiger partial charge in [0.2, 0.25) is 15.9 Å². The fraction of sp³-hybridized carbons (Fsp3) is 0.875. The molecule has 0 aromatic carbocycles. The predicted octanol–water partition coefficient (Wildman–Crippen LogP) is -1.47. The zero-order valence-electron chi connectivity index (χ0n) is 8.53. The lowest BCUT2D eigenvalue weighted by molar-refractivity contribution is -0.117. The molecular formula is C8H17N3O3S. The summed E-state index contributed by atoms with van der Waals surface area (Å²) in [6.45, 7) is 1.44. The van der Waals surface area contributed by atoms with E-state index in [2.05, 4.69) is 10.0 Å². The van der Waals surface area contributed by atoms with Crippen LogP contribution in [0.4, 0.5) is 0 Å². The highest BCUT2D eigenvalue weighted by Crippen LogP contribution is 2.09. The molecule has 1 fully saturated rings. The molecule has 1 aliphatic heterocycles. The molecule has 1 rings (SSSR count). The Hall–Kier alpha value is -0.660. The Bertz CT molecular complexity index is 309. The van der Waals surface area contributed by atoms with Gasteiger partial charge in [-0.15, -0.1) is 0 Å². The molecule has 0 spiro atoms. The lowest BCUT2D eigenvalue weighted by Gasteiger charge is -2.22. The summed E-state index contributed by atoms with van der Waals surface area (Å²) in [6, 6.07) is 0. The Morgan fingerprint density at radius 2 is 2.27 bits per heavy atom. The average Bonchev–Trinajstić information content (AvgIpc) is 2.18. The standard InChI is InChI=1S/C8H17N3O3S/c9-8(12)3-5-11-15(13,14)7-2-1-4-10-6-7/h7,10-11H,1-6H2,(H2,9,12). The van der Waals surface area contributed by atoms with Crippen molar-refractivity contribution in [1.82, 2.24) is 10.0 Å². The van der Waals surface area contributed by atoms with E-state index in [4.69, 9.17) is 5.73 Å². The van der Waals surface area contributed by atoms with Gasteiger partial charge in [0, 0.05) is 19.5 Å². The topological polar surface area (TPSA) is 101 Å². The van der Waals surface area contributed by atoms with E-state index in [0.29, 0.717) is 13.0 Å².